The van der Waals surface area contributed by atoms with E-state index in [1.54, 1.807) is 13.8 Å². The number of nitrogens with zero attached hydrogens (tertiary/aromatic N) is 6. The molecule has 9 nitrogen and oxygen atoms in total. The lowest BCUT2D eigenvalue weighted by Gasteiger charge is -2.09. The molecule has 0 bridgehead atoms. The highest BCUT2D eigenvalue weighted by molar-refractivity contribution is 6.09. The zero-order valence-corrected chi connectivity index (χ0v) is 16.2. The first-order chi connectivity index (χ1) is 15.0. The fraction of sp³-hybridized carbons (Fsp3) is 0.100. The number of hydrogen-bond acceptors (Lipinski definition) is 8. The van der Waals surface area contributed by atoms with Crippen molar-refractivity contribution in [3.8, 4) is 23.4 Å². The van der Waals surface area contributed by atoms with E-state index in [-0.39, 0.29) is 34.1 Å². The van der Waals surface area contributed by atoms with Gasteiger partial charge in [-0.15, -0.1) is 0 Å². The zero-order valence-electron chi connectivity index (χ0n) is 16.2. The molecule has 0 saturated carbocycles. The van der Waals surface area contributed by atoms with Crippen molar-refractivity contribution in [2.45, 2.75) is 13.8 Å². The summed E-state index contributed by atoms with van der Waals surface area (Å²) in [5.41, 5.74) is 0.518. The molecule has 31 heavy (non-hydrogen) atoms. The summed E-state index contributed by atoms with van der Waals surface area (Å²) < 4.78 is 40.0. The topological polar surface area (TPSA) is 112 Å². The summed E-state index contributed by atoms with van der Waals surface area (Å²) in [7, 11) is 0. The number of nitrogens with one attached hydrogen (secondary N) is 1. The van der Waals surface area contributed by atoms with Gasteiger partial charge in [0.25, 0.3) is 0 Å². The predicted molar refractivity (Wildman–Crippen MR) is 105 cm³/mol. The number of fused-ring (bicyclic) bond motifs is 3. The van der Waals surface area contributed by atoms with Crippen molar-refractivity contribution in [2.75, 3.05) is 0 Å². The van der Waals surface area contributed by atoms with Crippen LogP contribution in [-0.2, 0) is 0 Å². The summed E-state index contributed by atoms with van der Waals surface area (Å²) in [6.07, 6.45) is 5.81. The molecule has 0 aliphatic carbocycles. The molecule has 1 N–H and O–H groups in total. The quantitative estimate of drug-likeness (QED) is 0.460. The Morgan fingerprint density at radius 3 is 2.03 bits per heavy atom. The minimum atomic E-state index is -1.04. The molecule has 0 aliphatic rings. The third-order valence-electron chi connectivity index (χ3n) is 4.39. The Hall–Kier alpha value is -4.28. The monoisotopic (exact) mass is 421 g/mol. The van der Waals surface area contributed by atoms with E-state index in [1.165, 1.54) is 30.9 Å². The van der Waals surface area contributed by atoms with E-state index in [0.29, 0.717) is 22.9 Å². The maximum absolute atomic E-state index is 14.6. The standard InChI is InChI=1S/C20H13F2N7O2/c1-9-23-5-11(6-24-9)30-19-16-15-14(4-3-13(21)17(15)22)27-18(16)28-20(29-19)31-12-7-25-10(2)26-8-12/h3-8H,1-2H3,(H,27,28,29). The summed E-state index contributed by atoms with van der Waals surface area (Å²) in [6, 6.07) is 2.33. The first kappa shape index (κ1) is 18.7. The molecule has 0 saturated heterocycles. The molecule has 0 spiro atoms. The molecule has 4 heterocycles. The van der Waals surface area contributed by atoms with Gasteiger partial charge in [0.1, 0.15) is 17.3 Å². The highest BCUT2D eigenvalue weighted by Crippen LogP contribution is 2.37. The van der Waals surface area contributed by atoms with Gasteiger partial charge >= 0.3 is 6.01 Å². The highest BCUT2D eigenvalue weighted by Gasteiger charge is 2.21. The second-order valence-electron chi connectivity index (χ2n) is 6.58. The Balaban J connectivity index is 1.69. The Kier molecular flexibility index (Phi) is 4.35. The van der Waals surface area contributed by atoms with Crippen LogP contribution < -0.4 is 9.47 Å². The summed E-state index contributed by atoms with van der Waals surface area (Å²) in [5, 5.41) is 0.114. The van der Waals surface area contributed by atoms with Gasteiger partial charge in [0.2, 0.25) is 5.88 Å². The minimum Gasteiger partial charge on any atom is -0.435 e. The molecule has 5 rings (SSSR count). The first-order valence-corrected chi connectivity index (χ1v) is 9.08. The van der Waals surface area contributed by atoms with E-state index >= 15 is 0 Å². The van der Waals surface area contributed by atoms with Crippen LogP contribution in [0.5, 0.6) is 23.4 Å². The van der Waals surface area contributed by atoms with Crippen LogP contribution in [0.4, 0.5) is 8.78 Å². The number of H-pyrrole nitrogens is 1. The van der Waals surface area contributed by atoms with E-state index in [1.807, 2.05) is 0 Å². The molecule has 1 aromatic carbocycles. The van der Waals surface area contributed by atoms with E-state index < -0.39 is 11.6 Å². The fourth-order valence-electron chi connectivity index (χ4n) is 2.97. The maximum atomic E-state index is 14.6. The molecule has 154 valence electrons. The largest absolute Gasteiger partial charge is 0.435 e. The number of halogens is 2. The van der Waals surface area contributed by atoms with Crippen LogP contribution in [0.25, 0.3) is 21.9 Å². The van der Waals surface area contributed by atoms with Crippen molar-refractivity contribution in [1.82, 2.24) is 34.9 Å². The van der Waals surface area contributed by atoms with Crippen LogP contribution in [0.2, 0.25) is 0 Å². The van der Waals surface area contributed by atoms with Gasteiger partial charge in [-0.2, -0.15) is 9.97 Å². The van der Waals surface area contributed by atoms with E-state index in [2.05, 4.69) is 34.9 Å². The van der Waals surface area contributed by atoms with Gasteiger partial charge in [0.05, 0.1) is 41.1 Å². The summed E-state index contributed by atoms with van der Waals surface area (Å²) >= 11 is 0. The Morgan fingerprint density at radius 1 is 0.774 bits per heavy atom. The zero-order chi connectivity index (χ0) is 21.5. The van der Waals surface area contributed by atoms with Crippen molar-refractivity contribution in [1.29, 1.82) is 0 Å². The van der Waals surface area contributed by atoms with Gasteiger partial charge in [-0.25, -0.2) is 28.7 Å². The average Bonchev–Trinajstić information content (AvgIpc) is 3.13. The lowest BCUT2D eigenvalue weighted by atomic mass is 10.2. The molecule has 0 radical (unpaired) electrons. The van der Waals surface area contributed by atoms with Crippen molar-refractivity contribution >= 4 is 21.9 Å². The number of ether oxygens (including phenoxy) is 2. The molecular formula is C20H13F2N7O2. The molecule has 0 atom stereocenters. The number of aromatic amines is 1. The second kappa shape index (κ2) is 7.20. The smallest absolute Gasteiger partial charge is 0.327 e. The SMILES string of the molecule is Cc1ncc(Oc2nc(Oc3cnc(C)nc3)c3c(n2)[nH]c2ccc(F)c(F)c23)cn1. The van der Waals surface area contributed by atoms with Crippen LogP contribution in [0, 0.1) is 25.5 Å². The molecular weight excluding hydrogens is 408 g/mol. The van der Waals surface area contributed by atoms with Gasteiger partial charge < -0.3 is 14.5 Å². The number of aryl methyl sites for hydroxylation is 2. The minimum absolute atomic E-state index is 0.0387. The van der Waals surface area contributed by atoms with E-state index in [0.717, 1.165) is 6.07 Å². The summed E-state index contributed by atoms with van der Waals surface area (Å²) in [6.45, 7) is 3.46. The van der Waals surface area contributed by atoms with Crippen molar-refractivity contribution in [2.24, 2.45) is 0 Å². The van der Waals surface area contributed by atoms with Crippen LogP contribution >= 0.6 is 0 Å². The Bertz CT molecular complexity index is 1420. The van der Waals surface area contributed by atoms with Crippen LogP contribution in [0.15, 0.2) is 36.9 Å². The van der Waals surface area contributed by atoms with Gasteiger partial charge in [0.15, 0.2) is 23.1 Å². The number of benzene rings is 1. The van der Waals surface area contributed by atoms with Gasteiger partial charge in [-0.05, 0) is 26.0 Å². The van der Waals surface area contributed by atoms with Crippen molar-refractivity contribution < 1.29 is 18.3 Å². The highest BCUT2D eigenvalue weighted by atomic mass is 19.2. The van der Waals surface area contributed by atoms with Crippen molar-refractivity contribution in [3.05, 3.63) is 60.2 Å². The summed E-state index contributed by atoms with van der Waals surface area (Å²) in [5.74, 6) is -0.447. The Morgan fingerprint density at radius 2 is 1.39 bits per heavy atom. The molecule has 4 aromatic heterocycles. The van der Waals surface area contributed by atoms with Gasteiger partial charge in [-0.3, -0.25) is 0 Å². The fourth-order valence-corrected chi connectivity index (χ4v) is 2.97. The molecule has 0 aliphatic heterocycles. The van der Waals surface area contributed by atoms with E-state index in [9.17, 15) is 8.78 Å². The van der Waals surface area contributed by atoms with Crippen LogP contribution in [0.1, 0.15) is 11.6 Å². The normalized spacial score (nSPS) is 11.2. The average molecular weight is 421 g/mol. The van der Waals surface area contributed by atoms with Crippen LogP contribution in [-0.4, -0.2) is 34.9 Å². The number of rotatable bonds is 4. The second-order valence-corrected chi connectivity index (χ2v) is 6.58. The lowest BCUT2D eigenvalue weighted by molar-refractivity contribution is 0.412. The molecule has 0 amide bonds. The molecule has 5 aromatic rings. The maximum Gasteiger partial charge on any atom is 0.327 e. The third kappa shape index (κ3) is 3.45. The number of hydrogen-bond donors (Lipinski definition) is 1. The molecule has 0 fully saturated rings. The first-order valence-electron chi connectivity index (χ1n) is 9.08. The predicted octanol–water partition coefficient (Wildman–Crippen LogP) is 4.17. The van der Waals surface area contributed by atoms with Gasteiger partial charge in [0, 0.05) is 0 Å². The van der Waals surface area contributed by atoms with Crippen molar-refractivity contribution in [3.63, 3.8) is 0 Å². The van der Waals surface area contributed by atoms with Crippen LogP contribution in [0.3, 0.4) is 0 Å². The lowest BCUT2D eigenvalue weighted by Crippen LogP contribution is -1.98. The third-order valence-corrected chi connectivity index (χ3v) is 4.39. The number of aromatic nitrogens is 7. The Labute approximate surface area is 173 Å². The van der Waals surface area contributed by atoms with Gasteiger partial charge in [-0.1, -0.05) is 0 Å². The van der Waals surface area contributed by atoms with E-state index in [4.69, 9.17) is 9.47 Å². The summed E-state index contributed by atoms with van der Waals surface area (Å²) in [4.78, 5) is 27.7. The molecule has 11 heteroatoms. The molecule has 0 unspecified atom stereocenters.